The fourth-order valence-corrected chi connectivity index (χ4v) is 4.38. The van der Waals surface area contributed by atoms with Crippen LogP contribution in [0.1, 0.15) is 71.1 Å². The molecule has 180 valence electrons. The van der Waals surface area contributed by atoms with Gasteiger partial charge in [0, 0.05) is 17.7 Å². The van der Waals surface area contributed by atoms with E-state index in [0.29, 0.717) is 11.8 Å². The lowest BCUT2D eigenvalue weighted by molar-refractivity contribution is -0.384. The lowest BCUT2D eigenvalue weighted by Gasteiger charge is -2.36. The fourth-order valence-electron chi connectivity index (χ4n) is 4.38. The van der Waals surface area contributed by atoms with Crippen LogP contribution in [0.5, 0.6) is 0 Å². The van der Waals surface area contributed by atoms with Crippen molar-refractivity contribution in [2.24, 2.45) is 17.8 Å². The summed E-state index contributed by atoms with van der Waals surface area (Å²) in [4.78, 5) is 48.4. The smallest absolute Gasteiger partial charge is 0.339 e. The maximum atomic E-state index is 13.0. The largest absolute Gasteiger partial charge is 0.458 e. The molecule has 0 amide bonds. The first-order chi connectivity index (χ1) is 16.2. The third-order valence-electron chi connectivity index (χ3n) is 6.30. The number of ether oxygens (including phenoxy) is 2. The lowest BCUT2D eigenvalue weighted by Crippen LogP contribution is -2.36. The van der Waals surface area contributed by atoms with Gasteiger partial charge in [0.2, 0.25) is 5.78 Å². The van der Waals surface area contributed by atoms with Gasteiger partial charge in [-0.05, 0) is 42.7 Å². The molecule has 1 aliphatic carbocycles. The number of hydrogen-bond acceptors (Lipinski definition) is 7. The number of nitro benzene ring substituents is 1. The van der Waals surface area contributed by atoms with Crippen molar-refractivity contribution in [2.45, 2.75) is 46.1 Å². The number of nitrogens with zero attached hydrogens (tertiary/aromatic N) is 1. The quantitative estimate of drug-likeness (QED) is 0.225. The van der Waals surface area contributed by atoms with E-state index >= 15 is 0 Å². The Kier molecular flexibility index (Phi) is 8.15. The number of ketones is 1. The van der Waals surface area contributed by atoms with Gasteiger partial charge >= 0.3 is 11.9 Å². The summed E-state index contributed by atoms with van der Waals surface area (Å²) in [6.07, 6.45) is 2.63. The summed E-state index contributed by atoms with van der Waals surface area (Å²) in [7, 11) is 0. The van der Waals surface area contributed by atoms with Crippen molar-refractivity contribution >= 4 is 23.4 Å². The molecule has 8 nitrogen and oxygen atoms in total. The summed E-state index contributed by atoms with van der Waals surface area (Å²) in [5.74, 6) is -0.955. The SMILES string of the molecule is CC(C)[C@@H]1CC[C@@H](C)C[C@@H]1OC(=O)c1ccccc1C(=O)OCC(=O)c1cccc([N+](=O)[O-])c1. The first kappa shape index (κ1) is 25.1. The molecule has 3 atom stereocenters. The summed E-state index contributed by atoms with van der Waals surface area (Å²) in [5.41, 5.74) is -0.0943. The van der Waals surface area contributed by atoms with E-state index in [1.165, 1.54) is 30.3 Å². The highest BCUT2D eigenvalue weighted by Crippen LogP contribution is 2.35. The normalized spacial score (nSPS) is 19.9. The molecule has 0 saturated heterocycles. The third-order valence-corrected chi connectivity index (χ3v) is 6.30. The molecule has 34 heavy (non-hydrogen) atoms. The second-order valence-corrected chi connectivity index (χ2v) is 9.12. The molecule has 8 heteroatoms. The molecule has 0 bridgehead atoms. The van der Waals surface area contributed by atoms with Gasteiger partial charge in [-0.25, -0.2) is 9.59 Å². The molecule has 0 aromatic heterocycles. The van der Waals surface area contributed by atoms with Crippen LogP contribution >= 0.6 is 0 Å². The molecule has 1 saturated carbocycles. The van der Waals surface area contributed by atoms with Crippen LogP contribution in [0.3, 0.4) is 0 Å². The zero-order chi connectivity index (χ0) is 24.8. The minimum absolute atomic E-state index is 0.00398. The van der Waals surface area contributed by atoms with E-state index in [1.807, 2.05) is 0 Å². The standard InChI is InChI=1S/C26H29NO7/c1-16(2)20-12-11-17(3)13-24(20)34-26(30)22-10-5-4-9-21(22)25(29)33-15-23(28)18-7-6-8-19(14-18)27(31)32/h4-10,14,16-17,20,24H,11-13,15H2,1-3H3/t17-,20+,24+/m1/s1. The predicted molar refractivity (Wildman–Crippen MR) is 125 cm³/mol. The molecule has 1 aliphatic rings. The Morgan fingerprint density at radius 3 is 2.35 bits per heavy atom. The maximum Gasteiger partial charge on any atom is 0.339 e. The van der Waals surface area contributed by atoms with E-state index in [4.69, 9.17) is 9.47 Å². The molecule has 0 radical (unpaired) electrons. The highest BCUT2D eigenvalue weighted by atomic mass is 16.6. The Morgan fingerprint density at radius 1 is 1.03 bits per heavy atom. The Balaban J connectivity index is 1.70. The van der Waals surface area contributed by atoms with E-state index in [1.54, 1.807) is 12.1 Å². The number of benzene rings is 2. The summed E-state index contributed by atoms with van der Waals surface area (Å²) in [6, 6.07) is 11.3. The van der Waals surface area contributed by atoms with Gasteiger partial charge in [0.1, 0.15) is 6.10 Å². The molecule has 0 N–H and O–H groups in total. The molecule has 0 heterocycles. The zero-order valence-electron chi connectivity index (χ0n) is 19.6. The number of esters is 2. The van der Waals surface area contributed by atoms with Crippen molar-refractivity contribution < 1.29 is 28.8 Å². The van der Waals surface area contributed by atoms with E-state index < -0.39 is 29.3 Å². The minimum atomic E-state index is -0.844. The molecule has 2 aromatic carbocycles. The maximum absolute atomic E-state index is 13.0. The summed E-state index contributed by atoms with van der Waals surface area (Å²) < 4.78 is 11.0. The van der Waals surface area contributed by atoms with Gasteiger partial charge in [-0.15, -0.1) is 0 Å². The Labute approximate surface area is 198 Å². The van der Waals surface area contributed by atoms with Crippen LogP contribution in [0.15, 0.2) is 48.5 Å². The second kappa shape index (κ2) is 11.0. The third kappa shape index (κ3) is 6.07. The Hall–Kier alpha value is -3.55. The molecule has 2 aromatic rings. The molecular weight excluding hydrogens is 438 g/mol. The molecule has 0 spiro atoms. The minimum Gasteiger partial charge on any atom is -0.458 e. The van der Waals surface area contributed by atoms with E-state index in [9.17, 15) is 24.5 Å². The first-order valence-corrected chi connectivity index (χ1v) is 11.4. The van der Waals surface area contributed by atoms with Crippen LogP contribution < -0.4 is 0 Å². The monoisotopic (exact) mass is 467 g/mol. The molecule has 0 unspecified atom stereocenters. The second-order valence-electron chi connectivity index (χ2n) is 9.12. The number of non-ortho nitro benzene ring substituents is 1. The number of rotatable bonds is 8. The highest BCUT2D eigenvalue weighted by molar-refractivity contribution is 6.04. The molecular formula is C26H29NO7. The highest BCUT2D eigenvalue weighted by Gasteiger charge is 2.34. The number of nitro groups is 1. The van der Waals surface area contributed by atoms with Crippen molar-refractivity contribution in [1.29, 1.82) is 0 Å². The van der Waals surface area contributed by atoms with Gasteiger partial charge in [-0.1, -0.05) is 51.5 Å². The number of Topliss-reactive ketones (excluding diaryl/α,β-unsaturated/α-hetero) is 1. The van der Waals surface area contributed by atoms with Crippen molar-refractivity contribution in [3.8, 4) is 0 Å². The van der Waals surface area contributed by atoms with Crippen molar-refractivity contribution in [3.05, 3.63) is 75.3 Å². The number of hydrogen-bond donors (Lipinski definition) is 0. The first-order valence-electron chi connectivity index (χ1n) is 11.4. The van der Waals surface area contributed by atoms with E-state index in [2.05, 4.69) is 20.8 Å². The average Bonchev–Trinajstić information content (AvgIpc) is 2.82. The van der Waals surface area contributed by atoms with Gasteiger partial charge in [0.15, 0.2) is 6.61 Å². The van der Waals surface area contributed by atoms with Gasteiger partial charge in [-0.3, -0.25) is 14.9 Å². The number of carbonyl (C=O) groups excluding carboxylic acids is 3. The van der Waals surface area contributed by atoms with Crippen LogP contribution in [-0.4, -0.2) is 35.4 Å². The Morgan fingerprint density at radius 2 is 1.71 bits per heavy atom. The molecule has 0 aliphatic heterocycles. The van der Waals surface area contributed by atoms with Crippen LogP contribution in [0, 0.1) is 27.9 Å². The Bertz CT molecular complexity index is 1080. The van der Waals surface area contributed by atoms with Gasteiger partial charge < -0.3 is 9.47 Å². The van der Waals surface area contributed by atoms with Crippen LogP contribution in [0.2, 0.25) is 0 Å². The summed E-state index contributed by atoms with van der Waals surface area (Å²) in [6.45, 7) is 5.76. The average molecular weight is 468 g/mol. The molecule has 3 rings (SSSR count). The fraction of sp³-hybridized carbons (Fsp3) is 0.423. The van der Waals surface area contributed by atoms with Crippen molar-refractivity contribution in [2.75, 3.05) is 6.61 Å². The molecule has 1 fully saturated rings. The van der Waals surface area contributed by atoms with Gasteiger partial charge in [0.05, 0.1) is 16.1 Å². The predicted octanol–water partition coefficient (Wildman–Crippen LogP) is 5.25. The van der Waals surface area contributed by atoms with Crippen LogP contribution in [0.25, 0.3) is 0 Å². The zero-order valence-corrected chi connectivity index (χ0v) is 19.6. The van der Waals surface area contributed by atoms with Gasteiger partial charge in [-0.2, -0.15) is 0 Å². The van der Waals surface area contributed by atoms with Crippen LogP contribution in [0.4, 0.5) is 5.69 Å². The van der Waals surface area contributed by atoms with E-state index in [-0.39, 0.29) is 34.4 Å². The lowest BCUT2D eigenvalue weighted by atomic mass is 9.75. The van der Waals surface area contributed by atoms with Crippen LogP contribution in [-0.2, 0) is 9.47 Å². The topological polar surface area (TPSA) is 113 Å². The number of carbonyl (C=O) groups is 3. The van der Waals surface area contributed by atoms with E-state index in [0.717, 1.165) is 25.3 Å². The summed E-state index contributed by atoms with van der Waals surface area (Å²) in [5, 5.41) is 10.9. The van der Waals surface area contributed by atoms with Crippen molar-refractivity contribution in [1.82, 2.24) is 0 Å². The van der Waals surface area contributed by atoms with Gasteiger partial charge in [0.25, 0.3) is 5.69 Å². The van der Waals surface area contributed by atoms with Crippen molar-refractivity contribution in [3.63, 3.8) is 0 Å². The summed E-state index contributed by atoms with van der Waals surface area (Å²) >= 11 is 0.